The number of rotatable bonds is 6. The molecule has 4 nitrogen and oxygen atoms in total. The molecule has 4 heteroatoms. The highest BCUT2D eigenvalue weighted by molar-refractivity contribution is 4.86. The first-order valence-electron chi connectivity index (χ1n) is 5.03. The third-order valence-corrected chi connectivity index (χ3v) is 2.37. The van der Waals surface area contributed by atoms with Crippen molar-refractivity contribution in [1.82, 2.24) is 5.32 Å². The smallest absolute Gasteiger partial charge is 0.132 e. The van der Waals surface area contributed by atoms with E-state index in [0.717, 1.165) is 25.7 Å². The molecular formula is C9H20N2O2. The predicted octanol–water partition coefficient (Wildman–Crippen LogP) is -0.455. The van der Waals surface area contributed by atoms with Gasteiger partial charge in [0, 0.05) is 12.1 Å². The van der Waals surface area contributed by atoms with Crippen LogP contribution in [0.4, 0.5) is 0 Å². The van der Waals surface area contributed by atoms with Crippen LogP contribution in [0, 0.1) is 0 Å². The minimum absolute atomic E-state index is 0.328. The third-order valence-electron chi connectivity index (χ3n) is 2.37. The molecule has 13 heavy (non-hydrogen) atoms. The Hall–Kier alpha value is -0.160. The lowest BCUT2D eigenvalue weighted by atomic mass is 10.1. The molecule has 3 atom stereocenters. The summed E-state index contributed by atoms with van der Waals surface area (Å²) in [5.41, 5.74) is 5.67. The van der Waals surface area contributed by atoms with Crippen molar-refractivity contribution < 1.29 is 10.2 Å². The van der Waals surface area contributed by atoms with Gasteiger partial charge in [0.2, 0.25) is 0 Å². The van der Waals surface area contributed by atoms with Crippen molar-refractivity contribution in [3.63, 3.8) is 0 Å². The first kappa shape index (κ1) is 10.9. The van der Waals surface area contributed by atoms with Gasteiger partial charge in [-0.2, -0.15) is 0 Å². The van der Waals surface area contributed by atoms with Gasteiger partial charge in [-0.05, 0) is 19.3 Å². The minimum atomic E-state index is -0.867. The molecule has 78 valence electrons. The lowest BCUT2D eigenvalue weighted by Crippen LogP contribution is -2.50. The van der Waals surface area contributed by atoms with Crippen LogP contribution in [0.2, 0.25) is 0 Å². The van der Waals surface area contributed by atoms with E-state index in [4.69, 9.17) is 5.73 Å². The van der Waals surface area contributed by atoms with Gasteiger partial charge in [0.25, 0.3) is 0 Å². The lowest BCUT2D eigenvalue weighted by Gasteiger charge is -2.24. The van der Waals surface area contributed by atoms with E-state index in [9.17, 15) is 10.2 Å². The molecule has 0 aromatic rings. The molecule has 0 radical (unpaired) electrons. The van der Waals surface area contributed by atoms with Crippen LogP contribution in [0.1, 0.15) is 32.6 Å². The zero-order chi connectivity index (χ0) is 9.84. The molecule has 0 saturated heterocycles. The first-order chi connectivity index (χ1) is 6.15. The van der Waals surface area contributed by atoms with Crippen LogP contribution in [0.5, 0.6) is 0 Å². The molecule has 0 aromatic heterocycles. The molecule has 0 bridgehead atoms. The Balaban J connectivity index is 2.21. The van der Waals surface area contributed by atoms with E-state index in [1.807, 2.05) is 6.92 Å². The summed E-state index contributed by atoms with van der Waals surface area (Å²) >= 11 is 0. The maximum atomic E-state index is 9.56. The monoisotopic (exact) mass is 188 g/mol. The van der Waals surface area contributed by atoms with Crippen molar-refractivity contribution in [2.45, 2.75) is 57.0 Å². The molecule has 0 aromatic carbocycles. The van der Waals surface area contributed by atoms with Crippen LogP contribution in [0.25, 0.3) is 0 Å². The van der Waals surface area contributed by atoms with Gasteiger partial charge in [0.05, 0.1) is 0 Å². The highest BCUT2D eigenvalue weighted by Gasteiger charge is 2.29. The van der Waals surface area contributed by atoms with Crippen LogP contribution in [-0.4, -0.2) is 34.6 Å². The maximum Gasteiger partial charge on any atom is 0.132 e. The van der Waals surface area contributed by atoms with E-state index < -0.39 is 12.3 Å². The summed E-state index contributed by atoms with van der Waals surface area (Å²) < 4.78 is 0. The number of hydrogen-bond acceptors (Lipinski definition) is 4. The molecule has 1 aliphatic rings. The molecule has 1 aliphatic carbocycles. The summed E-state index contributed by atoms with van der Waals surface area (Å²) in [4.78, 5) is 0. The summed E-state index contributed by atoms with van der Waals surface area (Å²) in [6.07, 6.45) is 2.13. The van der Waals surface area contributed by atoms with Gasteiger partial charge in [0.1, 0.15) is 12.3 Å². The Morgan fingerprint density at radius 2 is 2.08 bits per heavy atom. The van der Waals surface area contributed by atoms with Crippen LogP contribution >= 0.6 is 0 Å². The highest BCUT2D eigenvalue weighted by Crippen LogP contribution is 2.19. The molecule has 0 amide bonds. The van der Waals surface area contributed by atoms with E-state index in [0.29, 0.717) is 6.04 Å². The lowest BCUT2D eigenvalue weighted by molar-refractivity contribution is -0.0179. The Bertz CT molecular complexity index is 151. The van der Waals surface area contributed by atoms with E-state index in [2.05, 4.69) is 5.32 Å². The molecule has 3 unspecified atom stereocenters. The fraction of sp³-hybridized carbons (Fsp3) is 1.00. The van der Waals surface area contributed by atoms with Crippen LogP contribution in [0.15, 0.2) is 0 Å². The molecular weight excluding hydrogens is 168 g/mol. The zero-order valence-electron chi connectivity index (χ0n) is 8.11. The maximum absolute atomic E-state index is 9.56. The van der Waals surface area contributed by atoms with Crippen LogP contribution in [0.3, 0.4) is 0 Å². The van der Waals surface area contributed by atoms with E-state index in [-0.39, 0.29) is 6.04 Å². The second-order valence-electron chi connectivity index (χ2n) is 3.83. The number of nitrogens with two attached hydrogens (primary N) is 1. The van der Waals surface area contributed by atoms with E-state index >= 15 is 0 Å². The molecule has 1 rings (SSSR count). The van der Waals surface area contributed by atoms with Crippen molar-refractivity contribution in [1.29, 1.82) is 0 Å². The van der Waals surface area contributed by atoms with Crippen LogP contribution < -0.4 is 11.1 Å². The summed E-state index contributed by atoms with van der Waals surface area (Å²) in [6.45, 7) is 2.01. The number of hydrogen-bond donors (Lipinski definition) is 4. The summed E-state index contributed by atoms with van der Waals surface area (Å²) in [7, 11) is 0. The topological polar surface area (TPSA) is 78.5 Å². The Labute approximate surface area is 79.1 Å². The van der Waals surface area contributed by atoms with Gasteiger partial charge in [-0.1, -0.05) is 13.3 Å². The number of nitrogens with one attached hydrogen (secondary N) is 1. The van der Waals surface area contributed by atoms with Crippen molar-refractivity contribution >= 4 is 0 Å². The van der Waals surface area contributed by atoms with Crippen molar-refractivity contribution in [2.75, 3.05) is 0 Å². The Morgan fingerprint density at radius 1 is 1.46 bits per heavy atom. The van der Waals surface area contributed by atoms with E-state index in [1.54, 1.807) is 0 Å². The standard InChI is InChI=1S/C9H20N2O2/c1-2-3-7(10)8(12)9(13)11-6-4-5-6/h6-9,11-13H,2-5,10H2,1H3. The Morgan fingerprint density at radius 3 is 2.54 bits per heavy atom. The van der Waals surface area contributed by atoms with Gasteiger partial charge >= 0.3 is 0 Å². The fourth-order valence-corrected chi connectivity index (χ4v) is 1.33. The molecule has 0 spiro atoms. The molecule has 0 heterocycles. The second kappa shape index (κ2) is 4.91. The van der Waals surface area contributed by atoms with Gasteiger partial charge in [-0.15, -0.1) is 0 Å². The number of aliphatic hydroxyl groups excluding tert-OH is 2. The Kier molecular flexibility index (Phi) is 4.12. The quantitative estimate of drug-likeness (QED) is 0.426. The summed E-state index contributed by atoms with van der Waals surface area (Å²) in [5, 5.41) is 22.0. The van der Waals surface area contributed by atoms with Gasteiger partial charge in [0.15, 0.2) is 0 Å². The average molecular weight is 188 g/mol. The normalized spacial score (nSPS) is 24.0. The zero-order valence-corrected chi connectivity index (χ0v) is 8.11. The van der Waals surface area contributed by atoms with E-state index in [1.165, 1.54) is 0 Å². The van der Waals surface area contributed by atoms with Gasteiger partial charge in [-0.25, -0.2) is 0 Å². The first-order valence-corrected chi connectivity index (χ1v) is 5.03. The predicted molar refractivity (Wildman–Crippen MR) is 51.1 cm³/mol. The largest absolute Gasteiger partial charge is 0.387 e. The van der Waals surface area contributed by atoms with Crippen LogP contribution in [-0.2, 0) is 0 Å². The second-order valence-corrected chi connectivity index (χ2v) is 3.83. The number of aliphatic hydroxyl groups is 2. The van der Waals surface area contributed by atoms with Gasteiger partial charge in [-0.3, -0.25) is 5.32 Å². The minimum Gasteiger partial charge on any atom is -0.387 e. The molecule has 0 aliphatic heterocycles. The molecule has 5 N–H and O–H groups in total. The highest BCUT2D eigenvalue weighted by atomic mass is 16.3. The fourth-order valence-electron chi connectivity index (χ4n) is 1.33. The molecule has 1 saturated carbocycles. The molecule has 1 fully saturated rings. The van der Waals surface area contributed by atoms with Crippen molar-refractivity contribution in [3.8, 4) is 0 Å². The SMILES string of the molecule is CCCC(N)C(O)C(O)NC1CC1. The average Bonchev–Trinajstić information content (AvgIpc) is 2.87. The van der Waals surface area contributed by atoms with Crippen molar-refractivity contribution in [3.05, 3.63) is 0 Å². The van der Waals surface area contributed by atoms with Gasteiger partial charge < -0.3 is 15.9 Å². The van der Waals surface area contributed by atoms with Crippen molar-refractivity contribution in [2.24, 2.45) is 5.73 Å². The summed E-state index contributed by atoms with van der Waals surface area (Å²) in [5.74, 6) is 0. The third kappa shape index (κ3) is 3.60. The summed E-state index contributed by atoms with van der Waals surface area (Å²) in [6, 6.07) is 0.0599.